The zero-order valence-corrected chi connectivity index (χ0v) is 13.6. The van der Waals surface area contributed by atoms with Gasteiger partial charge in [-0.3, -0.25) is 4.79 Å². The number of nitrogens with zero attached hydrogens (tertiary/aromatic N) is 1. The molecular weight excluding hydrogens is 387 g/mol. The van der Waals surface area contributed by atoms with Crippen LogP contribution < -0.4 is 5.32 Å². The number of thiazole rings is 1. The molecule has 6 heteroatoms. The van der Waals surface area contributed by atoms with Gasteiger partial charge in [0.1, 0.15) is 5.92 Å². The van der Waals surface area contributed by atoms with Crippen molar-refractivity contribution in [1.29, 1.82) is 0 Å². The van der Waals surface area contributed by atoms with Gasteiger partial charge in [-0.2, -0.15) is 0 Å². The Morgan fingerprint density at radius 3 is 3.00 bits per heavy atom. The van der Waals surface area contributed by atoms with E-state index in [0.717, 1.165) is 37.8 Å². The van der Waals surface area contributed by atoms with Gasteiger partial charge in [0.15, 0.2) is 5.13 Å². The molecule has 20 heavy (non-hydrogen) atoms. The zero-order chi connectivity index (χ0) is 14.1. The first kappa shape index (κ1) is 13.8. The number of aromatic nitrogens is 1. The van der Waals surface area contributed by atoms with Crippen LogP contribution in [0.3, 0.4) is 0 Å². The Morgan fingerprint density at radius 1 is 1.45 bits per heavy atom. The number of hydrogen-bond acceptors (Lipinski definition) is 4. The number of para-hydroxylation sites is 1. The number of carboxylic acids is 1. The summed E-state index contributed by atoms with van der Waals surface area (Å²) in [5, 5.41) is 13.4. The van der Waals surface area contributed by atoms with Crippen LogP contribution in [0, 0.1) is 3.57 Å². The van der Waals surface area contributed by atoms with Crippen molar-refractivity contribution in [3.8, 4) is 0 Å². The fourth-order valence-electron chi connectivity index (χ4n) is 2.39. The van der Waals surface area contributed by atoms with E-state index in [9.17, 15) is 9.90 Å². The monoisotopic (exact) mass is 400 g/mol. The molecule has 2 aromatic rings. The van der Waals surface area contributed by atoms with Crippen molar-refractivity contribution in [2.24, 2.45) is 0 Å². The van der Waals surface area contributed by atoms with Crippen molar-refractivity contribution in [2.45, 2.75) is 25.2 Å². The van der Waals surface area contributed by atoms with Crippen molar-refractivity contribution in [3.63, 3.8) is 0 Å². The first-order valence-corrected chi connectivity index (χ1v) is 8.28. The molecule has 1 unspecified atom stereocenters. The second-order valence-electron chi connectivity index (χ2n) is 4.72. The number of anilines is 2. The molecule has 0 saturated heterocycles. The average molecular weight is 400 g/mol. The molecular formula is C14H13IN2O2S. The van der Waals surface area contributed by atoms with Crippen LogP contribution in [-0.4, -0.2) is 16.1 Å². The highest BCUT2D eigenvalue weighted by atomic mass is 127. The minimum atomic E-state index is -0.767. The van der Waals surface area contributed by atoms with Crippen LogP contribution in [0.4, 0.5) is 10.8 Å². The first-order valence-electron chi connectivity index (χ1n) is 6.39. The molecule has 1 aromatic carbocycles. The van der Waals surface area contributed by atoms with Gasteiger partial charge in [-0.05, 0) is 54.0 Å². The molecule has 3 rings (SSSR count). The Balaban J connectivity index is 1.90. The normalized spacial score (nSPS) is 17.6. The van der Waals surface area contributed by atoms with Crippen LogP contribution in [-0.2, 0) is 11.2 Å². The summed E-state index contributed by atoms with van der Waals surface area (Å²) in [5.74, 6) is -1.21. The second kappa shape index (κ2) is 5.69. The van der Waals surface area contributed by atoms with Crippen LogP contribution in [0.1, 0.15) is 29.3 Å². The number of halogens is 1. The molecule has 2 N–H and O–H groups in total. The second-order valence-corrected chi connectivity index (χ2v) is 6.96. The molecule has 0 amide bonds. The van der Waals surface area contributed by atoms with Gasteiger partial charge in [-0.15, -0.1) is 11.3 Å². The molecule has 0 saturated carbocycles. The van der Waals surface area contributed by atoms with Gasteiger partial charge < -0.3 is 10.4 Å². The lowest BCUT2D eigenvalue weighted by atomic mass is 9.91. The summed E-state index contributed by atoms with van der Waals surface area (Å²) in [6, 6.07) is 7.98. The lowest BCUT2D eigenvalue weighted by Gasteiger charge is -2.16. The third-order valence-electron chi connectivity index (χ3n) is 3.37. The smallest absolute Gasteiger partial charge is 0.312 e. The Labute approximate surface area is 134 Å². The molecule has 1 atom stereocenters. The van der Waals surface area contributed by atoms with Crippen LogP contribution in [0.25, 0.3) is 0 Å². The van der Waals surface area contributed by atoms with Crippen molar-refractivity contribution in [2.75, 3.05) is 5.32 Å². The summed E-state index contributed by atoms with van der Waals surface area (Å²) in [7, 11) is 0. The van der Waals surface area contributed by atoms with E-state index in [2.05, 4.69) is 32.9 Å². The number of nitrogens with one attached hydrogen (secondary N) is 1. The maximum absolute atomic E-state index is 11.3. The van der Waals surface area contributed by atoms with E-state index in [1.807, 2.05) is 24.3 Å². The molecule has 1 aliphatic carbocycles. The number of aryl methyl sites for hydroxylation is 1. The summed E-state index contributed by atoms with van der Waals surface area (Å²) in [5.41, 5.74) is 1.76. The largest absolute Gasteiger partial charge is 0.481 e. The highest BCUT2D eigenvalue weighted by Gasteiger charge is 2.30. The van der Waals surface area contributed by atoms with E-state index < -0.39 is 11.9 Å². The average Bonchev–Trinajstić information content (AvgIpc) is 2.83. The van der Waals surface area contributed by atoms with E-state index in [1.165, 1.54) is 0 Å². The highest BCUT2D eigenvalue weighted by molar-refractivity contribution is 14.1. The van der Waals surface area contributed by atoms with Crippen LogP contribution >= 0.6 is 33.9 Å². The van der Waals surface area contributed by atoms with E-state index in [0.29, 0.717) is 6.42 Å². The number of hydrogen-bond donors (Lipinski definition) is 2. The van der Waals surface area contributed by atoms with Crippen LogP contribution in [0.15, 0.2) is 24.3 Å². The Kier molecular flexibility index (Phi) is 3.93. The fourth-order valence-corrected chi connectivity index (χ4v) is 3.99. The van der Waals surface area contributed by atoms with Gasteiger partial charge in [0.2, 0.25) is 0 Å². The maximum Gasteiger partial charge on any atom is 0.312 e. The molecule has 4 nitrogen and oxygen atoms in total. The predicted octanol–water partition coefficient (Wildman–Crippen LogP) is 4.00. The quantitative estimate of drug-likeness (QED) is 0.765. The minimum Gasteiger partial charge on any atom is -0.481 e. The maximum atomic E-state index is 11.3. The van der Waals surface area contributed by atoms with Crippen LogP contribution in [0.5, 0.6) is 0 Å². The van der Waals surface area contributed by atoms with Gasteiger partial charge in [-0.1, -0.05) is 12.1 Å². The summed E-state index contributed by atoms with van der Waals surface area (Å²) >= 11 is 3.84. The van der Waals surface area contributed by atoms with E-state index in [-0.39, 0.29) is 0 Å². The Morgan fingerprint density at radius 2 is 2.25 bits per heavy atom. The summed E-state index contributed by atoms with van der Waals surface area (Å²) in [4.78, 5) is 16.9. The van der Waals surface area contributed by atoms with Gasteiger partial charge in [0, 0.05) is 8.45 Å². The summed E-state index contributed by atoms with van der Waals surface area (Å²) < 4.78 is 1.12. The molecule has 1 aliphatic rings. The van der Waals surface area contributed by atoms with Crippen molar-refractivity contribution in [1.82, 2.24) is 4.98 Å². The number of fused-ring (bicyclic) bond motifs is 1. The molecule has 104 valence electrons. The summed E-state index contributed by atoms with van der Waals surface area (Å²) in [6.45, 7) is 0. The van der Waals surface area contributed by atoms with E-state index in [1.54, 1.807) is 11.3 Å². The third kappa shape index (κ3) is 2.67. The SMILES string of the molecule is O=C(O)C1CCCc2sc(Nc3ccccc3I)nc21. The molecule has 0 bridgehead atoms. The van der Waals surface area contributed by atoms with Gasteiger partial charge in [0.05, 0.1) is 11.4 Å². The standard InChI is InChI=1S/C14H13IN2O2S/c15-9-5-1-2-6-10(9)16-14-17-12-8(13(18)19)4-3-7-11(12)20-14/h1-2,5-6,8H,3-4,7H2,(H,16,17)(H,18,19). The molecule has 1 heterocycles. The Hall–Kier alpha value is -1.15. The zero-order valence-electron chi connectivity index (χ0n) is 10.6. The van der Waals surface area contributed by atoms with Crippen molar-refractivity contribution in [3.05, 3.63) is 38.4 Å². The van der Waals surface area contributed by atoms with Gasteiger partial charge in [-0.25, -0.2) is 4.98 Å². The van der Waals surface area contributed by atoms with Gasteiger partial charge >= 0.3 is 5.97 Å². The number of rotatable bonds is 3. The number of carboxylic acid groups (broad SMARTS) is 1. The molecule has 0 fully saturated rings. The lowest BCUT2D eigenvalue weighted by molar-refractivity contribution is -0.139. The van der Waals surface area contributed by atoms with Crippen molar-refractivity contribution >= 4 is 50.7 Å². The first-order chi connectivity index (χ1) is 9.65. The van der Waals surface area contributed by atoms with E-state index in [4.69, 9.17) is 0 Å². The number of aliphatic carboxylic acids is 1. The van der Waals surface area contributed by atoms with Gasteiger partial charge in [0.25, 0.3) is 0 Å². The van der Waals surface area contributed by atoms with Crippen molar-refractivity contribution < 1.29 is 9.90 Å². The summed E-state index contributed by atoms with van der Waals surface area (Å²) in [6.07, 6.45) is 2.55. The highest BCUT2D eigenvalue weighted by Crippen LogP contribution is 2.38. The minimum absolute atomic E-state index is 0.444. The molecule has 0 spiro atoms. The number of carbonyl (C=O) groups is 1. The van der Waals surface area contributed by atoms with Crippen LogP contribution in [0.2, 0.25) is 0 Å². The molecule has 0 radical (unpaired) electrons. The molecule has 1 aromatic heterocycles. The molecule has 0 aliphatic heterocycles. The van der Waals surface area contributed by atoms with E-state index >= 15 is 0 Å². The topological polar surface area (TPSA) is 62.2 Å². The lowest BCUT2D eigenvalue weighted by Crippen LogP contribution is -2.17. The third-order valence-corrected chi connectivity index (χ3v) is 5.35. The number of benzene rings is 1. The Bertz CT molecular complexity index is 656. The fraction of sp³-hybridized carbons (Fsp3) is 0.286. The predicted molar refractivity (Wildman–Crippen MR) is 87.9 cm³/mol.